The summed E-state index contributed by atoms with van der Waals surface area (Å²) in [5, 5.41) is 0. The normalized spacial score (nSPS) is 16.0. The number of benzene rings is 2. The summed E-state index contributed by atoms with van der Waals surface area (Å²) in [7, 11) is 1.72. The Balaban J connectivity index is 1.54. The maximum Gasteiger partial charge on any atom is 0.246 e. The van der Waals surface area contributed by atoms with E-state index in [1.807, 2.05) is 43.3 Å². The molecule has 0 radical (unpaired) electrons. The van der Waals surface area contributed by atoms with E-state index in [9.17, 15) is 14.0 Å². The number of rotatable bonds is 5. The van der Waals surface area contributed by atoms with Crippen LogP contribution in [0.2, 0.25) is 0 Å². The van der Waals surface area contributed by atoms with Gasteiger partial charge < -0.3 is 9.80 Å². The van der Waals surface area contributed by atoms with Crippen LogP contribution in [0.4, 0.5) is 4.39 Å². The molecule has 0 aromatic heterocycles. The third-order valence-corrected chi connectivity index (χ3v) is 5.66. The molecule has 2 amide bonds. The highest BCUT2D eigenvalue weighted by molar-refractivity contribution is 5.92. The van der Waals surface area contributed by atoms with Crippen molar-refractivity contribution in [3.8, 4) is 0 Å². The van der Waals surface area contributed by atoms with Crippen molar-refractivity contribution in [3.05, 3.63) is 77.6 Å². The molecule has 1 atom stereocenters. The minimum absolute atomic E-state index is 0.00711. The topological polar surface area (TPSA) is 40.6 Å². The minimum Gasteiger partial charge on any atom is -0.339 e. The molecule has 1 aliphatic heterocycles. The summed E-state index contributed by atoms with van der Waals surface area (Å²) in [5.74, 6) is -0.470. The third-order valence-electron chi connectivity index (χ3n) is 5.66. The second-order valence-electron chi connectivity index (χ2n) is 7.49. The predicted molar refractivity (Wildman–Crippen MR) is 112 cm³/mol. The zero-order chi connectivity index (χ0) is 20.8. The van der Waals surface area contributed by atoms with Gasteiger partial charge in [0.1, 0.15) is 5.82 Å². The van der Waals surface area contributed by atoms with Crippen molar-refractivity contribution >= 4 is 17.9 Å². The van der Waals surface area contributed by atoms with E-state index < -0.39 is 0 Å². The standard InChI is InChI=1S/C24H27FN2O2/c1-18(21-10-6-7-11-22(21)25)26(2)24(29)20-14-16-27(17-15-20)23(28)13-12-19-8-4-3-5-9-19/h3-13,18,20H,14-17H2,1-2H3/b13-12+. The number of carbonyl (C=O) groups is 2. The number of hydrogen-bond donors (Lipinski definition) is 0. The number of hydrogen-bond acceptors (Lipinski definition) is 2. The Morgan fingerprint density at radius 1 is 1.07 bits per heavy atom. The fraction of sp³-hybridized carbons (Fsp3) is 0.333. The Labute approximate surface area is 171 Å². The van der Waals surface area contributed by atoms with Gasteiger partial charge in [0.25, 0.3) is 0 Å². The van der Waals surface area contributed by atoms with E-state index in [0.29, 0.717) is 31.5 Å². The molecule has 5 heteroatoms. The van der Waals surface area contributed by atoms with Crippen molar-refractivity contribution in [2.24, 2.45) is 5.92 Å². The molecule has 1 aliphatic rings. The Hall–Kier alpha value is -2.95. The zero-order valence-electron chi connectivity index (χ0n) is 16.9. The van der Waals surface area contributed by atoms with Crippen molar-refractivity contribution in [1.82, 2.24) is 9.80 Å². The van der Waals surface area contributed by atoms with Crippen molar-refractivity contribution < 1.29 is 14.0 Å². The first-order chi connectivity index (χ1) is 14.0. The lowest BCUT2D eigenvalue weighted by atomic mass is 9.94. The molecular formula is C24H27FN2O2. The molecule has 1 unspecified atom stereocenters. The van der Waals surface area contributed by atoms with Gasteiger partial charge in [-0.2, -0.15) is 0 Å². The van der Waals surface area contributed by atoms with Gasteiger partial charge in [-0.05, 0) is 37.5 Å². The first kappa shape index (κ1) is 20.8. The summed E-state index contributed by atoms with van der Waals surface area (Å²) < 4.78 is 14.1. The van der Waals surface area contributed by atoms with Crippen molar-refractivity contribution in [1.29, 1.82) is 0 Å². The van der Waals surface area contributed by atoms with Crippen molar-refractivity contribution in [2.45, 2.75) is 25.8 Å². The first-order valence-electron chi connectivity index (χ1n) is 10.0. The Kier molecular flexibility index (Phi) is 6.81. The van der Waals surface area contributed by atoms with Crippen LogP contribution in [0.3, 0.4) is 0 Å². The molecule has 0 bridgehead atoms. The second-order valence-corrected chi connectivity index (χ2v) is 7.49. The van der Waals surface area contributed by atoms with E-state index >= 15 is 0 Å². The van der Waals surface area contributed by atoms with Crippen LogP contribution in [0.5, 0.6) is 0 Å². The smallest absolute Gasteiger partial charge is 0.246 e. The van der Waals surface area contributed by atoms with Crippen LogP contribution in [-0.4, -0.2) is 41.8 Å². The van der Waals surface area contributed by atoms with Crippen LogP contribution in [0, 0.1) is 11.7 Å². The Bertz CT molecular complexity index is 873. The molecule has 3 rings (SSSR count). The largest absolute Gasteiger partial charge is 0.339 e. The number of piperidine rings is 1. The molecule has 1 fully saturated rings. The number of likely N-dealkylation sites (tertiary alicyclic amines) is 1. The van der Waals surface area contributed by atoms with Crippen LogP contribution in [0.25, 0.3) is 6.08 Å². The summed E-state index contributed by atoms with van der Waals surface area (Å²) in [6.07, 6.45) is 4.64. The quantitative estimate of drug-likeness (QED) is 0.710. The maximum absolute atomic E-state index is 14.1. The average molecular weight is 394 g/mol. The van der Waals surface area contributed by atoms with E-state index in [1.165, 1.54) is 6.07 Å². The summed E-state index contributed by atoms with van der Waals surface area (Å²) in [5.41, 5.74) is 1.50. The highest BCUT2D eigenvalue weighted by Gasteiger charge is 2.30. The second kappa shape index (κ2) is 9.50. The van der Waals surface area contributed by atoms with Crippen molar-refractivity contribution in [3.63, 3.8) is 0 Å². The predicted octanol–water partition coefficient (Wildman–Crippen LogP) is 4.30. The van der Waals surface area contributed by atoms with Gasteiger partial charge in [-0.3, -0.25) is 9.59 Å². The molecule has 1 saturated heterocycles. The summed E-state index contributed by atoms with van der Waals surface area (Å²) >= 11 is 0. The molecule has 2 aromatic carbocycles. The van der Waals surface area contributed by atoms with E-state index in [2.05, 4.69) is 0 Å². The molecule has 0 aliphatic carbocycles. The van der Waals surface area contributed by atoms with Crippen LogP contribution in [0.15, 0.2) is 60.7 Å². The molecular weight excluding hydrogens is 367 g/mol. The summed E-state index contributed by atoms with van der Waals surface area (Å²) in [6, 6.07) is 15.9. The number of amides is 2. The number of nitrogens with zero attached hydrogens (tertiary/aromatic N) is 2. The number of carbonyl (C=O) groups excluding carboxylic acids is 2. The van der Waals surface area contributed by atoms with Crippen LogP contribution < -0.4 is 0 Å². The van der Waals surface area contributed by atoms with Crippen LogP contribution >= 0.6 is 0 Å². The fourth-order valence-corrected chi connectivity index (χ4v) is 3.69. The van der Waals surface area contributed by atoms with E-state index in [1.54, 1.807) is 41.1 Å². The highest BCUT2D eigenvalue weighted by Crippen LogP contribution is 2.26. The molecule has 4 nitrogen and oxygen atoms in total. The maximum atomic E-state index is 14.1. The van der Waals surface area contributed by atoms with Crippen LogP contribution in [-0.2, 0) is 9.59 Å². The number of halogens is 1. The van der Waals surface area contributed by atoms with E-state index in [0.717, 1.165) is 5.56 Å². The van der Waals surface area contributed by atoms with Gasteiger partial charge in [-0.25, -0.2) is 4.39 Å². The molecule has 29 heavy (non-hydrogen) atoms. The molecule has 0 N–H and O–H groups in total. The van der Waals surface area contributed by atoms with Gasteiger partial charge in [-0.1, -0.05) is 48.5 Å². The third kappa shape index (κ3) is 5.11. The van der Waals surface area contributed by atoms with Crippen LogP contribution in [0.1, 0.15) is 36.9 Å². The van der Waals surface area contributed by atoms with Gasteiger partial charge in [0.15, 0.2) is 0 Å². The van der Waals surface area contributed by atoms with Gasteiger partial charge in [0.05, 0.1) is 6.04 Å². The lowest BCUT2D eigenvalue weighted by molar-refractivity contribution is -0.140. The van der Waals surface area contributed by atoms with E-state index in [4.69, 9.17) is 0 Å². The lowest BCUT2D eigenvalue weighted by Crippen LogP contribution is -2.43. The molecule has 0 spiro atoms. The molecule has 2 aromatic rings. The first-order valence-corrected chi connectivity index (χ1v) is 10.0. The molecule has 0 saturated carbocycles. The van der Waals surface area contributed by atoms with E-state index in [-0.39, 0.29) is 29.6 Å². The minimum atomic E-state index is -0.336. The average Bonchev–Trinajstić information content (AvgIpc) is 2.77. The van der Waals surface area contributed by atoms with Crippen molar-refractivity contribution in [2.75, 3.05) is 20.1 Å². The van der Waals surface area contributed by atoms with Gasteiger partial charge in [-0.15, -0.1) is 0 Å². The highest BCUT2D eigenvalue weighted by atomic mass is 19.1. The van der Waals surface area contributed by atoms with Gasteiger partial charge in [0.2, 0.25) is 11.8 Å². The Morgan fingerprint density at radius 3 is 2.34 bits per heavy atom. The Morgan fingerprint density at radius 2 is 1.69 bits per heavy atom. The van der Waals surface area contributed by atoms with Gasteiger partial charge in [0, 0.05) is 37.7 Å². The molecule has 1 heterocycles. The monoisotopic (exact) mass is 394 g/mol. The molecule has 152 valence electrons. The SMILES string of the molecule is CC(c1ccccc1F)N(C)C(=O)C1CCN(C(=O)/C=C/c2ccccc2)CC1. The zero-order valence-corrected chi connectivity index (χ0v) is 16.9. The summed E-state index contributed by atoms with van der Waals surface area (Å²) in [4.78, 5) is 28.7. The van der Waals surface area contributed by atoms with Gasteiger partial charge >= 0.3 is 0 Å². The fourth-order valence-electron chi connectivity index (χ4n) is 3.69. The lowest BCUT2D eigenvalue weighted by Gasteiger charge is -2.34. The summed E-state index contributed by atoms with van der Waals surface area (Å²) in [6.45, 7) is 2.94.